The van der Waals surface area contributed by atoms with Crippen molar-refractivity contribution in [2.45, 2.75) is 20.4 Å². The number of ether oxygens (including phenoxy) is 1. The second kappa shape index (κ2) is 8.09. The summed E-state index contributed by atoms with van der Waals surface area (Å²) in [6, 6.07) is 4.44. The SMILES string of the molecule is CC(C)COCCNCc1cc([N+](=O)[O-])ccc1Cl. The molecule has 19 heavy (non-hydrogen) atoms. The standard InChI is InChI=1S/C13H19ClN2O3/c1-10(2)9-19-6-5-15-8-11-7-12(16(17)18)3-4-13(11)14/h3-4,7,10,15H,5-6,8-9H2,1-2H3. The molecule has 1 aromatic carbocycles. The van der Waals surface area contributed by atoms with Crippen molar-refractivity contribution >= 4 is 17.3 Å². The summed E-state index contributed by atoms with van der Waals surface area (Å²) in [4.78, 5) is 10.2. The van der Waals surface area contributed by atoms with Gasteiger partial charge in [0.2, 0.25) is 0 Å². The number of non-ortho nitro benzene ring substituents is 1. The maximum Gasteiger partial charge on any atom is 0.269 e. The minimum atomic E-state index is -0.425. The first kappa shape index (κ1) is 15.9. The zero-order valence-electron chi connectivity index (χ0n) is 11.2. The molecule has 0 amide bonds. The van der Waals surface area contributed by atoms with E-state index in [0.29, 0.717) is 30.6 Å². The molecule has 0 spiro atoms. The Kier molecular flexibility index (Phi) is 6.77. The normalized spacial score (nSPS) is 10.9. The monoisotopic (exact) mass is 286 g/mol. The largest absolute Gasteiger partial charge is 0.380 e. The fourth-order valence-corrected chi connectivity index (χ4v) is 1.68. The van der Waals surface area contributed by atoms with Crippen molar-refractivity contribution < 1.29 is 9.66 Å². The molecule has 0 aromatic heterocycles. The summed E-state index contributed by atoms with van der Waals surface area (Å²) in [6.45, 7) is 6.72. The van der Waals surface area contributed by atoms with Gasteiger partial charge in [-0.15, -0.1) is 0 Å². The van der Waals surface area contributed by atoms with Crippen LogP contribution in [0.3, 0.4) is 0 Å². The summed E-state index contributed by atoms with van der Waals surface area (Å²) in [5, 5.41) is 14.3. The Labute approximate surface area is 118 Å². The summed E-state index contributed by atoms with van der Waals surface area (Å²) in [5.41, 5.74) is 0.775. The Bertz CT molecular complexity index is 424. The number of halogens is 1. The van der Waals surface area contributed by atoms with E-state index in [9.17, 15) is 10.1 Å². The van der Waals surface area contributed by atoms with Gasteiger partial charge in [-0.3, -0.25) is 10.1 Å². The van der Waals surface area contributed by atoms with Crippen LogP contribution in [0.15, 0.2) is 18.2 Å². The van der Waals surface area contributed by atoms with Gasteiger partial charge in [-0.05, 0) is 17.5 Å². The second-order valence-electron chi connectivity index (χ2n) is 4.68. The number of nitro groups is 1. The Morgan fingerprint density at radius 2 is 2.21 bits per heavy atom. The molecule has 0 radical (unpaired) electrons. The van der Waals surface area contributed by atoms with Crippen molar-refractivity contribution in [2.24, 2.45) is 5.92 Å². The van der Waals surface area contributed by atoms with E-state index >= 15 is 0 Å². The van der Waals surface area contributed by atoms with Gasteiger partial charge in [0.15, 0.2) is 0 Å². The van der Waals surface area contributed by atoms with Crippen LogP contribution >= 0.6 is 11.6 Å². The first-order valence-electron chi connectivity index (χ1n) is 6.22. The van der Waals surface area contributed by atoms with Crippen molar-refractivity contribution in [3.63, 3.8) is 0 Å². The molecule has 0 fully saturated rings. The van der Waals surface area contributed by atoms with E-state index in [-0.39, 0.29) is 5.69 Å². The molecule has 0 aliphatic heterocycles. The maximum absolute atomic E-state index is 10.7. The molecule has 0 aliphatic rings. The molecule has 1 rings (SSSR count). The molecule has 0 aliphatic carbocycles. The molecule has 5 nitrogen and oxygen atoms in total. The fourth-order valence-electron chi connectivity index (χ4n) is 1.50. The molecule has 0 saturated heterocycles. The molecular weight excluding hydrogens is 268 g/mol. The number of rotatable bonds is 8. The van der Waals surface area contributed by atoms with E-state index in [1.807, 2.05) is 0 Å². The predicted molar refractivity (Wildman–Crippen MR) is 75.5 cm³/mol. The smallest absolute Gasteiger partial charge is 0.269 e. The van der Waals surface area contributed by atoms with Crippen molar-refractivity contribution in [1.29, 1.82) is 0 Å². The van der Waals surface area contributed by atoms with Crippen LogP contribution in [0, 0.1) is 16.0 Å². The van der Waals surface area contributed by atoms with Crippen LogP contribution in [-0.2, 0) is 11.3 Å². The lowest BCUT2D eigenvalue weighted by Gasteiger charge is -2.09. The average Bonchev–Trinajstić information content (AvgIpc) is 2.34. The van der Waals surface area contributed by atoms with E-state index in [4.69, 9.17) is 16.3 Å². The van der Waals surface area contributed by atoms with E-state index in [2.05, 4.69) is 19.2 Å². The van der Waals surface area contributed by atoms with E-state index < -0.39 is 4.92 Å². The van der Waals surface area contributed by atoms with Gasteiger partial charge >= 0.3 is 0 Å². The number of benzene rings is 1. The number of hydrogen-bond acceptors (Lipinski definition) is 4. The number of nitrogens with zero attached hydrogens (tertiary/aromatic N) is 1. The van der Waals surface area contributed by atoms with Gasteiger partial charge in [0, 0.05) is 36.9 Å². The highest BCUT2D eigenvalue weighted by Gasteiger charge is 2.09. The van der Waals surface area contributed by atoms with Gasteiger partial charge in [0.25, 0.3) is 5.69 Å². The Morgan fingerprint density at radius 1 is 1.47 bits per heavy atom. The van der Waals surface area contributed by atoms with E-state index in [1.165, 1.54) is 12.1 Å². The van der Waals surface area contributed by atoms with Crippen LogP contribution in [-0.4, -0.2) is 24.7 Å². The molecule has 0 atom stereocenters. The first-order valence-corrected chi connectivity index (χ1v) is 6.59. The molecule has 106 valence electrons. The zero-order valence-corrected chi connectivity index (χ0v) is 11.9. The van der Waals surface area contributed by atoms with Crippen molar-refractivity contribution in [2.75, 3.05) is 19.8 Å². The van der Waals surface area contributed by atoms with Gasteiger partial charge in [0.05, 0.1) is 11.5 Å². The number of hydrogen-bond donors (Lipinski definition) is 1. The molecule has 0 unspecified atom stereocenters. The highest BCUT2D eigenvalue weighted by molar-refractivity contribution is 6.31. The Morgan fingerprint density at radius 3 is 2.84 bits per heavy atom. The van der Waals surface area contributed by atoms with Crippen molar-refractivity contribution in [3.05, 3.63) is 38.9 Å². The number of nitrogens with one attached hydrogen (secondary N) is 1. The van der Waals surface area contributed by atoms with Crippen molar-refractivity contribution in [3.8, 4) is 0 Å². The van der Waals surface area contributed by atoms with Crippen molar-refractivity contribution in [1.82, 2.24) is 5.32 Å². The van der Waals surface area contributed by atoms with Crippen LogP contribution < -0.4 is 5.32 Å². The summed E-state index contributed by atoms with van der Waals surface area (Å²) in [7, 11) is 0. The van der Waals surface area contributed by atoms with Gasteiger partial charge in [-0.2, -0.15) is 0 Å². The fraction of sp³-hybridized carbons (Fsp3) is 0.538. The van der Waals surface area contributed by atoms with Crippen LogP contribution in [0.5, 0.6) is 0 Å². The molecule has 0 saturated carbocycles. The van der Waals surface area contributed by atoms with Crippen LogP contribution in [0.2, 0.25) is 5.02 Å². The molecule has 1 N–H and O–H groups in total. The van der Waals surface area contributed by atoms with Crippen LogP contribution in [0.1, 0.15) is 19.4 Å². The maximum atomic E-state index is 10.7. The summed E-state index contributed by atoms with van der Waals surface area (Å²) < 4.78 is 5.42. The van der Waals surface area contributed by atoms with Gasteiger partial charge < -0.3 is 10.1 Å². The minimum absolute atomic E-state index is 0.0530. The highest BCUT2D eigenvalue weighted by atomic mass is 35.5. The lowest BCUT2D eigenvalue weighted by Crippen LogP contribution is -2.20. The first-order chi connectivity index (χ1) is 9.00. The quantitative estimate of drug-likeness (QED) is 0.453. The molecule has 6 heteroatoms. The molecular formula is C13H19ClN2O3. The second-order valence-corrected chi connectivity index (χ2v) is 5.09. The van der Waals surface area contributed by atoms with Gasteiger partial charge in [0.1, 0.15) is 0 Å². The zero-order chi connectivity index (χ0) is 14.3. The van der Waals surface area contributed by atoms with Gasteiger partial charge in [-0.1, -0.05) is 25.4 Å². The van der Waals surface area contributed by atoms with E-state index in [1.54, 1.807) is 6.07 Å². The third kappa shape index (κ3) is 6.00. The average molecular weight is 287 g/mol. The number of nitro benzene ring substituents is 1. The lowest BCUT2D eigenvalue weighted by molar-refractivity contribution is -0.384. The predicted octanol–water partition coefficient (Wildman–Crippen LogP) is 3.01. The van der Waals surface area contributed by atoms with Crippen LogP contribution in [0.25, 0.3) is 0 Å². The van der Waals surface area contributed by atoms with Gasteiger partial charge in [-0.25, -0.2) is 0 Å². The van der Waals surface area contributed by atoms with E-state index in [0.717, 1.165) is 12.2 Å². The Balaban J connectivity index is 2.36. The summed E-state index contributed by atoms with van der Waals surface area (Å²) in [6.07, 6.45) is 0. The molecule has 0 heterocycles. The Hall–Kier alpha value is -1.17. The summed E-state index contributed by atoms with van der Waals surface area (Å²) in [5.74, 6) is 0.520. The third-order valence-corrected chi connectivity index (χ3v) is 2.80. The molecule has 1 aromatic rings. The topological polar surface area (TPSA) is 64.4 Å². The molecule has 0 bridgehead atoms. The minimum Gasteiger partial charge on any atom is -0.380 e. The third-order valence-electron chi connectivity index (χ3n) is 2.43. The lowest BCUT2D eigenvalue weighted by atomic mass is 10.2. The van der Waals surface area contributed by atoms with Crippen LogP contribution in [0.4, 0.5) is 5.69 Å². The summed E-state index contributed by atoms with van der Waals surface area (Å²) >= 11 is 5.99. The highest BCUT2D eigenvalue weighted by Crippen LogP contribution is 2.21.